The Morgan fingerprint density at radius 1 is 1.26 bits per heavy atom. The summed E-state index contributed by atoms with van der Waals surface area (Å²) >= 11 is 0. The zero-order chi connectivity index (χ0) is 17.0. The molecule has 0 saturated heterocycles. The highest BCUT2D eigenvalue weighted by atomic mass is 32.2. The Morgan fingerprint density at radius 3 is 2.43 bits per heavy atom. The zero-order valence-corrected chi connectivity index (χ0v) is 14.4. The number of rotatable bonds is 4. The molecule has 0 aromatic heterocycles. The lowest BCUT2D eigenvalue weighted by Gasteiger charge is -2.39. The van der Waals surface area contributed by atoms with Crippen LogP contribution in [0.5, 0.6) is 0 Å². The van der Waals surface area contributed by atoms with Gasteiger partial charge < -0.3 is 0 Å². The summed E-state index contributed by atoms with van der Waals surface area (Å²) in [5.41, 5.74) is -0.426. The van der Waals surface area contributed by atoms with Gasteiger partial charge in [-0.05, 0) is 42.1 Å². The average Bonchev–Trinajstić information content (AvgIpc) is 2.80. The summed E-state index contributed by atoms with van der Waals surface area (Å²) in [5, 5.41) is 11.1. The lowest BCUT2D eigenvalue weighted by atomic mass is 9.69. The van der Waals surface area contributed by atoms with Crippen LogP contribution in [0.3, 0.4) is 0 Å². The first kappa shape index (κ1) is 16.4. The average molecular weight is 338 g/mol. The van der Waals surface area contributed by atoms with Gasteiger partial charge in [-0.15, -0.1) is 0 Å². The van der Waals surface area contributed by atoms with Crippen LogP contribution in [0.1, 0.15) is 40.0 Å². The first-order chi connectivity index (χ1) is 10.6. The number of nitrogens with zero attached hydrogens (tertiary/aromatic N) is 1. The molecule has 3 rings (SSSR count). The second-order valence-corrected chi connectivity index (χ2v) is 9.19. The van der Waals surface area contributed by atoms with Crippen molar-refractivity contribution in [3.63, 3.8) is 0 Å². The number of hydrogen-bond acceptors (Lipinski definition) is 4. The van der Waals surface area contributed by atoms with E-state index in [1.54, 1.807) is 0 Å². The minimum absolute atomic E-state index is 0.0722. The van der Waals surface area contributed by atoms with Crippen LogP contribution < -0.4 is 4.72 Å². The molecule has 1 aromatic carbocycles. The molecule has 2 fully saturated rings. The van der Waals surface area contributed by atoms with E-state index in [-0.39, 0.29) is 27.5 Å². The number of sulfonamides is 1. The highest BCUT2D eigenvalue weighted by molar-refractivity contribution is 7.89. The molecular weight excluding hydrogens is 316 g/mol. The molecule has 0 spiro atoms. The van der Waals surface area contributed by atoms with Gasteiger partial charge in [0.05, 0.1) is 4.92 Å². The lowest BCUT2D eigenvalue weighted by Crippen LogP contribution is -2.46. The Kier molecular flexibility index (Phi) is 3.57. The fourth-order valence-corrected chi connectivity index (χ4v) is 6.00. The van der Waals surface area contributed by atoms with Crippen LogP contribution in [-0.2, 0) is 10.0 Å². The summed E-state index contributed by atoms with van der Waals surface area (Å²) in [6.07, 6.45) is 2.89. The number of nitro benzene ring substituents is 1. The van der Waals surface area contributed by atoms with E-state index in [1.807, 2.05) is 0 Å². The van der Waals surface area contributed by atoms with Crippen molar-refractivity contribution >= 4 is 15.7 Å². The second-order valence-electron chi connectivity index (χ2n) is 7.51. The molecule has 3 unspecified atom stereocenters. The van der Waals surface area contributed by atoms with Gasteiger partial charge in [0, 0.05) is 12.1 Å². The van der Waals surface area contributed by atoms with E-state index in [2.05, 4.69) is 25.5 Å². The predicted octanol–water partition coefficient (Wildman–Crippen LogP) is 3.09. The van der Waals surface area contributed by atoms with Crippen molar-refractivity contribution in [1.29, 1.82) is 0 Å². The maximum Gasteiger partial charge on any atom is 0.289 e. The summed E-state index contributed by atoms with van der Waals surface area (Å²) < 4.78 is 28.2. The Morgan fingerprint density at radius 2 is 1.91 bits per heavy atom. The molecule has 7 heteroatoms. The molecule has 0 amide bonds. The topological polar surface area (TPSA) is 89.3 Å². The molecule has 0 heterocycles. The molecule has 1 N–H and O–H groups in total. The Hall–Kier alpha value is -1.47. The summed E-state index contributed by atoms with van der Waals surface area (Å²) in [6.45, 7) is 6.53. The SMILES string of the molecule is CC1(C)C2CCC1(C)C(NS(=O)(=O)c1ccccc1[N+](=O)[O-])C2. The van der Waals surface area contributed by atoms with E-state index < -0.39 is 14.9 Å². The fourth-order valence-electron chi connectivity index (χ4n) is 4.47. The van der Waals surface area contributed by atoms with E-state index in [0.717, 1.165) is 19.3 Å². The van der Waals surface area contributed by atoms with Crippen LogP contribution in [0.15, 0.2) is 29.2 Å². The Bertz CT molecular complexity index is 759. The maximum absolute atomic E-state index is 12.7. The summed E-state index contributed by atoms with van der Waals surface area (Å²) in [7, 11) is -3.92. The minimum atomic E-state index is -3.92. The van der Waals surface area contributed by atoms with Crippen molar-refractivity contribution < 1.29 is 13.3 Å². The lowest BCUT2D eigenvalue weighted by molar-refractivity contribution is -0.387. The molecule has 2 bridgehead atoms. The van der Waals surface area contributed by atoms with Gasteiger partial charge in [0.15, 0.2) is 4.90 Å². The summed E-state index contributed by atoms with van der Waals surface area (Å²) in [4.78, 5) is 10.2. The Labute approximate surface area is 136 Å². The fraction of sp³-hybridized carbons (Fsp3) is 0.625. The van der Waals surface area contributed by atoms with Crippen LogP contribution in [0.2, 0.25) is 0 Å². The van der Waals surface area contributed by atoms with E-state index in [9.17, 15) is 18.5 Å². The predicted molar refractivity (Wildman–Crippen MR) is 86.4 cm³/mol. The van der Waals surface area contributed by atoms with Crippen molar-refractivity contribution in [2.75, 3.05) is 0 Å². The van der Waals surface area contributed by atoms with Crippen LogP contribution in [0.25, 0.3) is 0 Å². The number of benzene rings is 1. The Balaban J connectivity index is 1.94. The van der Waals surface area contributed by atoms with E-state index >= 15 is 0 Å². The monoisotopic (exact) mass is 338 g/mol. The van der Waals surface area contributed by atoms with Crippen molar-refractivity contribution in [3.05, 3.63) is 34.4 Å². The summed E-state index contributed by atoms with van der Waals surface area (Å²) in [5.74, 6) is 0.492. The van der Waals surface area contributed by atoms with Crippen molar-refractivity contribution in [2.24, 2.45) is 16.7 Å². The number of fused-ring (bicyclic) bond motifs is 2. The molecule has 0 aliphatic heterocycles. The standard InChI is InChI=1S/C16H22N2O4S/c1-15(2)11-8-9-16(15,3)14(10-11)17-23(21,22)13-7-5-4-6-12(13)18(19)20/h4-7,11,14,17H,8-10H2,1-3H3. The summed E-state index contributed by atoms with van der Waals surface area (Å²) in [6, 6.07) is 5.32. The molecule has 3 atom stereocenters. The van der Waals surface area contributed by atoms with E-state index in [1.165, 1.54) is 24.3 Å². The largest absolute Gasteiger partial charge is 0.289 e. The highest BCUT2D eigenvalue weighted by Crippen LogP contribution is 2.65. The van der Waals surface area contributed by atoms with Crippen LogP contribution in [-0.4, -0.2) is 19.4 Å². The third kappa shape index (κ3) is 2.29. The molecule has 23 heavy (non-hydrogen) atoms. The second kappa shape index (κ2) is 5.01. The van der Waals surface area contributed by atoms with E-state index in [0.29, 0.717) is 5.92 Å². The number of hydrogen-bond donors (Lipinski definition) is 1. The normalized spacial score (nSPS) is 32.1. The number of nitrogens with one attached hydrogen (secondary N) is 1. The third-order valence-electron chi connectivity index (χ3n) is 6.44. The quantitative estimate of drug-likeness (QED) is 0.675. The minimum Gasteiger partial charge on any atom is -0.258 e. The zero-order valence-electron chi connectivity index (χ0n) is 13.6. The van der Waals surface area contributed by atoms with Crippen LogP contribution in [0, 0.1) is 26.9 Å². The molecular formula is C16H22N2O4S. The highest BCUT2D eigenvalue weighted by Gasteiger charge is 2.62. The van der Waals surface area contributed by atoms with Gasteiger partial charge in [-0.3, -0.25) is 10.1 Å². The molecule has 2 aliphatic rings. The van der Waals surface area contributed by atoms with Crippen molar-refractivity contribution in [3.8, 4) is 0 Å². The smallest absolute Gasteiger partial charge is 0.258 e. The molecule has 6 nitrogen and oxygen atoms in total. The van der Waals surface area contributed by atoms with Crippen molar-refractivity contribution in [2.45, 2.75) is 51.0 Å². The third-order valence-corrected chi connectivity index (χ3v) is 7.96. The molecule has 2 saturated carbocycles. The maximum atomic E-state index is 12.7. The van der Waals surface area contributed by atoms with Gasteiger partial charge in [0.2, 0.25) is 10.0 Å². The molecule has 2 aliphatic carbocycles. The first-order valence-corrected chi connectivity index (χ1v) is 9.34. The van der Waals surface area contributed by atoms with Gasteiger partial charge in [-0.1, -0.05) is 32.9 Å². The number of nitro groups is 1. The van der Waals surface area contributed by atoms with Gasteiger partial charge in [-0.25, -0.2) is 13.1 Å². The van der Waals surface area contributed by atoms with Gasteiger partial charge in [-0.2, -0.15) is 0 Å². The van der Waals surface area contributed by atoms with Crippen molar-refractivity contribution in [1.82, 2.24) is 4.72 Å². The van der Waals surface area contributed by atoms with Gasteiger partial charge in [0.1, 0.15) is 0 Å². The van der Waals surface area contributed by atoms with Gasteiger partial charge >= 0.3 is 0 Å². The van der Waals surface area contributed by atoms with Gasteiger partial charge in [0.25, 0.3) is 5.69 Å². The van der Waals surface area contributed by atoms with Crippen LogP contribution >= 0.6 is 0 Å². The molecule has 0 radical (unpaired) electrons. The first-order valence-electron chi connectivity index (χ1n) is 7.85. The molecule has 1 aromatic rings. The number of para-hydroxylation sites is 1. The van der Waals surface area contributed by atoms with E-state index in [4.69, 9.17) is 0 Å². The molecule has 126 valence electrons. The van der Waals surface area contributed by atoms with Crippen LogP contribution in [0.4, 0.5) is 5.69 Å².